The number of ether oxygens (including phenoxy) is 4. The minimum atomic E-state index is -1.19. The lowest BCUT2D eigenvalue weighted by atomic mass is 9.33. The number of hydrogen-bond acceptors (Lipinski definition) is 8. The van der Waals surface area contributed by atoms with E-state index in [2.05, 4.69) is 40.7 Å². The quantitative estimate of drug-likeness (QED) is 0.199. The summed E-state index contributed by atoms with van der Waals surface area (Å²) in [5.41, 5.74) is -0.810. The van der Waals surface area contributed by atoms with E-state index in [1.54, 1.807) is 0 Å². The molecule has 4 fully saturated rings. The van der Waals surface area contributed by atoms with E-state index in [-0.39, 0.29) is 40.0 Å². The molecule has 8 heteroatoms. The van der Waals surface area contributed by atoms with Crippen molar-refractivity contribution in [2.24, 2.45) is 50.2 Å². The highest BCUT2D eigenvalue weighted by Crippen LogP contribution is 2.76. The van der Waals surface area contributed by atoms with Gasteiger partial charge in [-0.1, -0.05) is 46.3 Å². The van der Waals surface area contributed by atoms with Gasteiger partial charge >= 0.3 is 23.9 Å². The Morgan fingerprint density at radius 3 is 1.95 bits per heavy atom. The van der Waals surface area contributed by atoms with Crippen molar-refractivity contribution >= 4 is 23.9 Å². The van der Waals surface area contributed by atoms with Crippen LogP contribution in [-0.2, 0) is 38.1 Å². The molecular weight excluding hydrogens is 560 g/mol. The lowest BCUT2D eigenvalue weighted by molar-refractivity contribution is -0.250. The topological polar surface area (TPSA) is 105 Å². The van der Waals surface area contributed by atoms with Crippen molar-refractivity contribution < 1.29 is 38.1 Å². The zero-order chi connectivity index (χ0) is 32.7. The summed E-state index contributed by atoms with van der Waals surface area (Å²) in [5.74, 6) is -1.34. The zero-order valence-electron chi connectivity index (χ0n) is 28.6. The molecule has 0 amide bonds. The molecule has 5 rings (SSSR count). The van der Waals surface area contributed by atoms with E-state index in [4.69, 9.17) is 18.9 Å². The SMILES string of the molecule is COC(=O)[C@]12CCC(C)(C)C[C@H]1C1=CC[C@@H]3[C@@]4(C)C[C@H](OC(C)=O)[C@H](OC(C)=O)[C@@](C)(C(=O)OC)[C@@H]4CC[C@@]3(C)[C@]1(C)CC2. The van der Waals surface area contributed by atoms with Crippen LogP contribution < -0.4 is 0 Å². The lowest BCUT2D eigenvalue weighted by Gasteiger charge is -2.71. The fraction of sp³-hybridized carbons (Fsp3) is 0.833. The predicted octanol–water partition coefficient (Wildman–Crippen LogP) is 6.59. The first-order valence-corrected chi connectivity index (χ1v) is 16.6. The van der Waals surface area contributed by atoms with Crippen molar-refractivity contribution in [2.45, 2.75) is 125 Å². The number of esters is 4. The normalized spacial score (nSPS) is 45.6. The minimum absolute atomic E-state index is 0.0641. The van der Waals surface area contributed by atoms with Gasteiger partial charge in [-0.2, -0.15) is 0 Å². The van der Waals surface area contributed by atoms with Crippen molar-refractivity contribution in [2.75, 3.05) is 14.2 Å². The first-order chi connectivity index (χ1) is 20.4. The standard InChI is InChI=1S/C36H54O8/c1-21(37)43-25-20-32(5)26-12-11-23-24-19-31(3,4)15-17-36(24,30(40)42-10)18-16-33(23,6)34(26,7)14-13-27(32)35(8,29(39)41-9)28(25)44-22(2)38/h11,24-28H,12-20H2,1-10H3/t24-,25-,26+,27+,28-,32+,33+,34+,35-,36-/m0/s1. The van der Waals surface area contributed by atoms with E-state index >= 15 is 0 Å². The number of methoxy groups -OCH3 is 2. The van der Waals surface area contributed by atoms with E-state index in [1.165, 1.54) is 33.6 Å². The van der Waals surface area contributed by atoms with Gasteiger partial charge < -0.3 is 18.9 Å². The van der Waals surface area contributed by atoms with Gasteiger partial charge in [0.05, 0.1) is 19.6 Å². The van der Waals surface area contributed by atoms with Crippen molar-refractivity contribution in [3.63, 3.8) is 0 Å². The van der Waals surface area contributed by atoms with Crippen molar-refractivity contribution in [1.82, 2.24) is 0 Å². The van der Waals surface area contributed by atoms with Gasteiger partial charge in [-0.05, 0) is 104 Å². The Bertz CT molecular complexity index is 1270. The summed E-state index contributed by atoms with van der Waals surface area (Å²) in [7, 11) is 2.90. The van der Waals surface area contributed by atoms with Crippen LogP contribution in [0.1, 0.15) is 113 Å². The molecule has 0 saturated heterocycles. The third-order valence-electron chi connectivity index (χ3n) is 14.0. The van der Waals surface area contributed by atoms with E-state index in [1.807, 2.05) is 6.92 Å². The highest BCUT2D eigenvalue weighted by Gasteiger charge is 2.73. The average molecular weight is 615 g/mol. The number of carbonyl (C=O) groups is 4. The molecule has 0 unspecified atom stereocenters. The highest BCUT2D eigenvalue weighted by atomic mass is 16.6. The van der Waals surface area contributed by atoms with Crippen LogP contribution in [0.4, 0.5) is 0 Å². The van der Waals surface area contributed by atoms with Crippen LogP contribution in [0.2, 0.25) is 0 Å². The summed E-state index contributed by atoms with van der Waals surface area (Å²) in [4.78, 5) is 52.1. The molecule has 0 aromatic rings. The third-order valence-corrected chi connectivity index (χ3v) is 14.0. The summed E-state index contributed by atoms with van der Waals surface area (Å²) in [6.45, 7) is 16.3. The van der Waals surface area contributed by atoms with Crippen LogP contribution in [0.3, 0.4) is 0 Å². The van der Waals surface area contributed by atoms with Gasteiger partial charge in [0.25, 0.3) is 0 Å². The highest BCUT2D eigenvalue weighted by molar-refractivity contribution is 5.80. The lowest BCUT2D eigenvalue weighted by Crippen LogP contribution is -2.69. The Morgan fingerprint density at radius 1 is 0.750 bits per heavy atom. The van der Waals surface area contributed by atoms with Gasteiger partial charge in [-0.25, -0.2) is 0 Å². The minimum Gasteiger partial charge on any atom is -0.469 e. The third kappa shape index (κ3) is 4.42. The van der Waals surface area contributed by atoms with Gasteiger partial charge in [-0.15, -0.1) is 0 Å². The molecular formula is C36H54O8. The number of fused-ring (bicyclic) bond motifs is 7. The molecule has 246 valence electrons. The maximum Gasteiger partial charge on any atom is 0.315 e. The summed E-state index contributed by atoms with van der Waals surface area (Å²) in [5, 5.41) is 0. The van der Waals surface area contributed by atoms with Gasteiger partial charge in [0.1, 0.15) is 11.5 Å². The fourth-order valence-corrected chi connectivity index (χ4v) is 11.7. The number of hydrogen-bond donors (Lipinski definition) is 0. The molecule has 0 aliphatic heterocycles. The van der Waals surface area contributed by atoms with Crippen molar-refractivity contribution in [1.29, 1.82) is 0 Å². The van der Waals surface area contributed by atoms with Crippen molar-refractivity contribution in [3.8, 4) is 0 Å². The van der Waals surface area contributed by atoms with Gasteiger partial charge in [0, 0.05) is 13.8 Å². The number of allylic oxidation sites excluding steroid dienone is 2. The molecule has 0 radical (unpaired) electrons. The second kappa shape index (κ2) is 10.6. The smallest absolute Gasteiger partial charge is 0.315 e. The van der Waals surface area contributed by atoms with E-state index in [0.717, 1.165) is 51.4 Å². The van der Waals surface area contributed by atoms with E-state index in [0.29, 0.717) is 6.42 Å². The molecule has 5 aliphatic carbocycles. The largest absolute Gasteiger partial charge is 0.469 e. The Labute approximate surface area is 263 Å². The van der Waals surface area contributed by atoms with Gasteiger partial charge in [-0.3, -0.25) is 19.2 Å². The molecule has 0 heterocycles. The predicted molar refractivity (Wildman–Crippen MR) is 164 cm³/mol. The van der Waals surface area contributed by atoms with Crippen LogP contribution in [0.25, 0.3) is 0 Å². The van der Waals surface area contributed by atoms with Crippen molar-refractivity contribution in [3.05, 3.63) is 11.6 Å². The molecule has 10 atom stereocenters. The summed E-state index contributed by atoms with van der Waals surface area (Å²) in [6, 6.07) is 0. The van der Waals surface area contributed by atoms with Crippen LogP contribution in [-0.4, -0.2) is 50.3 Å². The van der Waals surface area contributed by atoms with Crippen LogP contribution in [0.15, 0.2) is 11.6 Å². The van der Waals surface area contributed by atoms with E-state index in [9.17, 15) is 19.2 Å². The maximum absolute atomic E-state index is 13.8. The van der Waals surface area contributed by atoms with Crippen LogP contribution >= 0.6 is 0 Å². The average Bonchev–Trinajstić information content (AvgIpc) is 2.93. The number of rotatable bonds is 4. The zero-order valence-corrected chi connectivity index (χ0v) is 28.6. The first kappa shape index (κ1) is 33.0. The molecule has 8 nitrogen and oxygen atoms in total. The number of carbonyl (C=O) groups excluding carboxylic acids is 4. The monoisotopic (exact) mass is 614 g/mol. The molecule has 0 N–H and O–H groups in total. The molecule has 0 aromatic carbocycles. The first-order valence-electron chi connectivity index (χ1n) is 16.6. The molecule has 44 heavy (non-hydrogen) atoms. The Balaban J connectivity index is 1.64. The maximum atomic E-state index is 13.8. The Kier molecular flexibility index (Phi) is 7.94. The second-order valence-corrected chi connectivity index (χ2v) is 16.5. The van der Waals surface area contributed by atoms with Crippen LogP contribution in [0, 0.1) is 50.2 Å². The molecule has 0 aromatic heterocycles. The molecule has 4 saturated carbocycles. The van der Waals surface area contributed by atoms with Gasteiger partial charge in [0.2, 0.25) is 0 Å². The molecule has 0 spiro atoms. The Morgan fingerprint density at radius 2 is 1.36 bits per heavy atom. The fourth-order valence-electron chi connectivity index (χ4n) is 11.7. The Hall–Kier alpha value is -2.38. The summed E-state index contributed by atoms with van der Waals surface area (Å²) < 4.78 is 22.7. The summed E-state index contributed by atoms with van der Waals surface area (Å²) >= 11 is 0. The summed E-state index contributed by atoms with van der Waals surface area (Å²) in [6.07, 6.45) is 8.20. The molecule has 0 bridgehead atoms. The van der Waals surface area contributed by atoms with Crippen LogP contribution in [0.5, 0.6) is 0 Å². The second-order valence-electron chi connectivity index (χ2n) is 16.5. The van der Waals surface area contributed by atoms with E-state index < -0.39 is 46.4 Å². The molecule has 5 aliphatic rings. The van der Waals surface area contributed by atoms with Gasteiger partial charge in [0.15, 0.2) is 6.10 Å².